The van der Waals surface area contributed by atoms with Gasteiger partial charge in [-0.1, -0.05) is 84.0 Å². The average Bonchev–Trinajstić information content (AvgIpc) is 2.53. The van der Waals surface area contributed by atoms with Gasteiger partial charge < -0.3 is 9.16 Å². The molecule has 25 heavy (non-hydrogen) atoms. The Kier molecular flexibility index (Phi) is 13.6. The van der Waals surface area contributed by atoms with E-state index in [1.807, 2.05) is 6.92 Å². The second-order valence-electron chi connectivity index (χ2n) is 8.58. The molecule has 0 aliphatic heterocycles. The molecule has 0 aromatic heterocycles. The Morgan fingerprint density at radius 2 is 1.20 bits per heavy atom. The maximum absolute atomic E-state index is 12.1. The molecule has 0 bridgehead atoms. The second kappa shape index (κ2) is 13.8. The number of carbonyl (C=O) groups is 1. The zero-order chi connectivity index (χ0) is 19.2. The van der Waals surface area contributed by atoms with Crippen LogP contribution in [0.2, 0.25) is 19.6 Å². The third kappa shape index (κ3) is 13.5. The molecule has 150 valence electrons. The maximum atomic E-state index is 12.1. The lowest BCUT2D eigenvalue weighted by Gasteiger charge is -2.33. The van der Waals surface area contributed by atoms with Crippen molar-refractivity contribution in [3.8, 4) is 0 Å². The van der Waals surface area contributed by atoms with Crippen LogP contribution >= 0.6 is 0 Å². The van der Waals surface area contributed by atoms with Crippen LogP contribution in [0.15, 0.2) is 0 Å². The minimum atomic E-state index is -1.78. The zero-order valence-electron chi connectivity index (χ0n) is 17.9. The van der Waals surface area contributed by atoms with E-state index in [9.17, 15) is 4.79 Å². The van der Waals surface area contributed by atoms with Gasteiger partial charge in [-0.15, -0.1) is 0 Å². The van der Waals surface area contributed by atoms with E-state index in [1.165, 1.54) is 77.7 Å². The Hall–Kier alpha value is -0.353. The Balaban J connectivity index is 3.77. The molecule has 0 aliphatic rings. The summed E-state index contributed by atoms with van der Waals surface area (Å²) >= 11 is 0. The molecule has 0 amide bonds. The third-order valence-electron chi connectivity index (χ3n) is 4.66. The highest BCUT2D eigenvalue weighted by Gasteiger charge is 2.39. The molecule has 0 spiro atoms. The summed E-state index contributed by atoms with van der Waals surface area (Å²) in [7, 11) is -0.320. The van der Waals surface area contributed by atoms with E-state index >= 15 is 0 Å². The van der Waals surface area contributed by atoms with Crippen molar-refractivity contribution in [1.82, 2.24) is 0 Å². The number of carbonyl (C=O) groups excluding carboxylic acids is 1. The monoisotopic (exact) mass is 372 g/mol. The summed E-state index contributed by atoms with van der Waals surface area (Å²) in [4.78, 5) is 12.1. The summed E-state index contributed by atoms with van der Waals surface area (Å²) in [5, 5.41) is 0. The summed E-state index contributed by atoms with van der Waals surface area (Å²) in [5.41, 5.74) is -0.766. The molecule has 0 aromatic carbocycles. The normalized spacial score (nSPS) is 14.3. The highest BCUT2D eigenvalue weighted by atomic mass is 28.4. The van der Waals surface area contributed by atoms with E-state index in [4.69, 9.17) is 9.16 Å². The molecular weight excluding hydrogens is 328 g/mol. The maximum Gasteiger partial charge on any atom is 0.336 e. The zero-order valence-corrected chi connectivity index (χ0v) is 18.9. The lowest BCUT2D eigenvalue weighted by molar-refractivity contribution is -0.159. The first-order chi connectivity index (χ1) is 11.7. The van der Waals surface area contributed by atoms with Gasteiger partial charge in [0.2, 0.25) is 0 Å². The van der Waals surface area contributed by atoms with Gasteiger partial charge in [0.25, 0.3) is 0 Å². The Bertz CT molecular complexity index is 339. The number of hydrogen-bond acceptors (Lipinski definition) is 3. The quantitative estimate of drug-likeness (QED) is 0.169. The van der Waals surface area contributed by atoms with E-state index in [0.29, 0.717) is 0 Å². The van der Waals surface area contributed by atoms with E-state index in [0.717, 1.165) is 12.8 Å². The lowest BCUT2D eigenvalue weighted by atomic mass is 9.97. The topological polar surface area (TPSA) is 35.5 Å². The van der Waals surface area contributed by atoms with Crippen molar-refractivity contribution in [2.75, 3.05) is 7.11 Å². The fourth-order valence-corrected chi connectivity index (χ4v) is 4.93. The van der Waals surface area contributed by atoms with Gasteiger partial charge in [0.1, 0.15) is 0 Å². The van der Waals surface area contributed by atoms with Crippen molar-refractivity contribution in [1.29, 1.82) is 0 Å². The smallest absolute Gasteiger partial charge is 0.336 e. The number of methoxy groups -OCH3 is 1. The fraction of sp³-hybridized carbons (Fsp3) is 0.952. The molecule has 4 heteroatoms. The molecule has 0 rings (SSSR count). The Morgan fingerprint density at radius 1 is 0.800 bits per heavy atom. The van der Waals surface area contributed by atoms with E-state index in [1.54, 1.807) is 0 Å². The van der Waals surface area contributed by atoms with Crippen LogP contribution in [0.3, 0.4) is 0 Å². The van der Waals surface area contributed by atoms with Gasteiger partial charge in [0.15, 0.2) is 13.9 Å². The van der Waals surface area contributed by atoms with Crippen molar-refractivity contribution >= 4 is 14.3 Å². The number of unbranched alkanes of at least 4 members (excludes halogenated alkanes) is 11. The number of ether oxygens (including phenoxy) is 1. The van der Waals surface area contributed by atoms with E-state index in [-0.39, 0.29) is 5.97 Å². The van der Waals surface area contributed by atoms with Crippen LogP contribution in [0.4, 0.5) is 0 Å². The first-order valence-corrected chi connectivity index (χ1v) is 13.9. The molecule has 0 radical (unpaired) electrons. The van der Waals surface area contributed by atoms with E-state index < -0.39 is 13.9 Å². The van der Waals surface area contributed by atoms with Gasteiger partial charge in [0, 0.05) is 0 Å². The molecule has 1 unspecified atom stereocenters. The first kappa shape index (κ1) is 24.6. The fourth-order valence-electron chi connectivity index (χ4n) is 3.39. The van der Waals surface area contributed by atoms with Crippen molar-refractivity contribution in [2.24, 2.45) is 0 Å². The highest BCUT2D eigenvalue weighted by molar-refractivity contribution is 6.70. The Morgan fingerprint density at radius 3 is 1.56 bits per heavy atom. The SMILES string of the molecule is CCCCCCCCCCCCCCC(C)(O[Si](C)(C)C)C(=O)OC. The summed E-state index contributed by atoms with van der Waals surface area (Å²) in [5.74, 6) is -0.224. The molecule has 0 saturated carbocycles. The molecule has 0 aliphatic carbocycles. The van der Waals surface area contributed by atoms with Crippen molar-refractivity contribution in [3.05, 3.63) is 0 Å². The van der Waals surface area contributed by atoms with Gasteiger partial charge in [0.05, 0.1) is 7.11 Å². The number of hydrogen-bond donors (Lipinski definition) is 0. The van der Waals surface area contributed by atoms with Crippen LogP contribution in [-0.4, -0.2) is 27.0 Å². The summed E-state index contributed by atoms with van der Waals surface area (Å²) < 4.78 is 11.1. The van der Waals surface area contributed by atoms with E-state index in [2.05, 4.69) is 26.6 Å². The van der Waals surface area contributed by atoms with Crippen molar-refractivity contribution < 1.29 is 14.0 Å². The Labute approximate surface area is 158 Å². The average molecular weight is 373 g/mol. The van der Waals surface area contributed by atoms with Crippen LogP contribution in [0, 0.1) is 0 Å². The van der Waals surface area contributed by atoms with Crippen molar-refractivity contribution in [2.45, 2.75) is 123 Å². The summed E-state index contributed by atoms with van der Waals surface area (Å²) in [6.07, 6.45) is 16.7. The molecule has 0 aromatic rings. The van der Waals surface area contributed by atoms with Gasteiger partial charge in [-0.3, -0.25) is 0 Å². The minimum Gasteiger partial charge on any atom is -0.467 e. The van der Waals surface area contributed by atoms with Gasteiger partial charge >= 0.3 is 5.97 Å². The summed E-state index contributed by atoms with van der Waals surface area (Å²) in [6, 6.07) is 0. The lowest BCUT2D eigenvalue weighted by Crippen LogP contribution is -2.47. The molecule has 0 saturated heterocycles. The number of esters is 1. The van der Waals surface area contributed by atoms with Crippen LogP contribution in [0.1, 0.15) is 97.3 Å². The van der Waals surface area contributed by atoms with Crippen LogP contribution in [0.5, 0.6) is 0 Å². The van der Waals surface area contributed by atoms with Crippen LogP contribution in [-0.2, 0) is 14.0 Å². The molecule has 1 atom stereocenters. The van der Waals surface area contributed by atoms with Crippen LogP contribution < -0.4 is 0 Å². The van der Waals surface area contributed by atoms with Crippen LogP contribution in [0.25, 0.3) is 0 Å². The molecule has 0 heterocycles. The van der Waals surface area contributed by atoms with Gasteiger partial charge in [-0.2, -0.15) is 0 Å². The number of rotatable bonds is 16. The minimum absolute atomic E-state index is 0.224. The molecule has 0 fully saturated rings. The third-order valence-corrected chi connectivity index (χ3v) is 5.72. The molecule has 3 nitrogen and oxygen atoms in total. The van der Waals surface area contributed by atoms with Gasteiger partial charge in [-0.25, -0.2) is 4.79 Å². The predicted octanol–water partition coefficient (Wildman–Crippen LogP) is 6.86. The summed E-state index contributed by atoms with van der Waals surface area (Å²) in [6.45, 7) is 10.5. The van der Waals surface area contributed by atoms with Gasteiger partial charge in [-0.05, 0) is 33.0 Å². The standard InChI is InChI=1S/C21H44O3Si/c1-7-8-9-10-11-12-13-14-15-16-17-18-19-21(2,20(22)23-3)24-25(4,5)6/h7-19H2,1-6H3. The predicted molar refractivity (Wildman–Crippen MR) is 111 cm³/mol. The largest absolute Gasteiger partial charge is 0.467 e. The first-order valence-electron chi connectivity index (χ1n) is 10.5. The molecule has 0 N–H and O–H groups in total. The second-order valence-corrected chi connectivity index (χ2v) is 13.0. The van der Waals surface area contributed by atoms with Crippen molar-refractivity contribution in [3.63, 3.8) is 0 Å². The highest BCUT2D eigenvalue weighted by Crippen LogP contribution is 2.26. The molecular formula is C21H44O3Si.